The molecule has 0 aliphatic rings. The molecule has 12 rings (SSSR count). The molecular formula is C53H32N4S. The minimum absolute atomic E-state index is 0.576. The van der Waals surface area contributed by atoms with Gasteiger partial charge in [0.25, 0.3) is 0 Å². The van der Waals surface area contributed by atoms with Crippen LogP contribution in [0.25, 0.3) is 115 Å². The van der Waals surface area contributed by atoms with Gasteiger partial charge in [-0.05, 0) is 39.4 Å². The van der Waals surface area contributed by atoms with Gasteiger partial charge in [-0.1, -0.05) is 182 Å². The molecular weight excluding hydrogens is 725 g/mol. The Kier molecular flexibility index (Phi) is 7.37. The maximum Gasteiger partial charge on any atom is 0.238 e. The zero-order valence-corrected chi connectivity index (χ0v) is 32.0. The molecule has 3 heterocycles. The van der Waals surface area contributed by atoms with Gasteiger partial charge in [0, 0.05) is 58.6 Å². The Bertz CT molecular complexity index is 3560. The summed E-state index contributed by atoms with van der Waals surface area (Å²) in [6.45, 7) is 0. The molecule has 0 radical (unpaired) electrons. The van der Waals surface area contributed by atoms with Gasteiger partial charge in [-0.3, -0.25) is 4.57 Å². The monoisotopic (exact) mass is 756 g/mol. The molecule has 12 aromatic rings. The average Bonchev–Trinajstić information content (AvgIpc) is 3.86. The summed E-state index contributed by atoms with van der Waals surface area (Å²) in [5.41, 5.74) is 8.64. The van der Waals surface area contributed by atoms with Gasteiger partial charge in [0.2, 0.25) is 5.95 Å². The Morgan fingerprint density at radius 2 is 0.931 bits per heavy atom. The second-order valence-corrected chi connectivity index (χ2v) is 15.8. The van der Waals surface area contributed by atoms with Crippen molar-refractivity contribution < 1.29 is 0 Å². The Morgan fingerprint density at radius 1 is 0.345 bits per heavy atom. The lowest BCUT2D eigenvalue weighted by molar-refractivity contribution is 0.956. The van der Waals surface area contributed by atoms with Gasteiger partial charge in [0.15, 0.2) is 11.6 Å². The third-order valence-corrected chi connectivity index (χ3v) is 12.7. The summed E-state index contributed by atoms with van der Waals surface area (Å²) in [6, 6.07) is 69.1. The summed E-state index contributed by atoms with van der Waals surface area (Å²) in [6.07, 6.45) is 0. The number of hydrogen-bond acceptors (Lipinski definition) is 4. The van der Waals surface area contributed by atoms with Crippen molar-refractivity contribution in [3.63, 3.8) is 0 Å². The number of aromatic nitrogens is 4. The highest BCUT2D eigenvalue weighted by Crippen LogP contribution is 2.45. The fourth-order valence-electron chi connectivity index (χ4n) is 8.70. The SMILES string of the molecule is c1ccc(-c2ccc(-c3nc(-c4ccc5ccccc5c4)nc(-n4c5c(-c6cccc7c6sc6ccccc67)cccc5c5ccc6ccccc6c54)n3)cc2)cc1. The van der Waals surface area contributed by atoms with Crippen molar-refractivity contribution in [2.75, 3.05) is 0 Å². The van der Waals surface area contributed by atoms with E-state index in [4.69, 9.17) is 15.0 Å². The van der Waals surface area contributed by atoms with Gasteiger partial charge < -0.3 is 0 Å². The minimum atomic E-state index is 0.576. The molecule has 0 atom stereocenters. The molecule has 0 spiro atoms. The fraction of sp³-hybridized carbons (Fsp3) is 0. The van der Waals surface area contributed by atoms with Crippen LogP contribution in [-0.2, 0) is 0 Å². The second-order valence-electron chi connectivity index (χ2n) is 14.8. The van der Waals surface area contributed by atoms with Crippen molar-refractivity contribution in [1.82, 2.24) is 19.5 Å². The Labute approximate surface area is 338 Å². The molecule has 3 aromatic heterocycles. The first-order valence-electron chi connectivity index (χ1n) is 19.5. The molecule has 0 aliphatic carbocycles. The van der Waals surface area contributed by atoms with E-state index in [1.54, 1.807) is 0 Å². The maximum absolute atomic E-state index is 5.43. The lowest BCUT2D eigenvalue weighted by atomic mass is 9.99. The molecule has 9 aromatic carbocycles. The van der Waals surface area contributed by atoms with Crippen LogP contribution in [-0.4, -0.2) is 19.5 Å². The maximum atomic E-state index is 5.43. The first kappa shape index (κ1) is 32.7. The van der Waals surface area contributed by atoms with E-state index in [2.05, 4.69) is 193 Å². The zero-order chi connectivity index (χ0) is 38.2. The van der Waals surface area contributed by atoms with E-state index in [0.717, 1.165) is 60.2 Å². The fourth-order valence-corrected chi connectivity index (χ4v) is 9.93. The predicted molar refractivity (Wildman–Crippen MR) is 244 cm³/mol. The highest BCUT2D eigenvalue weighted by Gasteiger charge is 2.23. The first-order valence-corrected chi connectivity index (χ1v) is 20.3. The summed E-state index contributed by atoms with van der Waals surface area (Å²) in [7, 11) is 0. The van der Waals surface area contributed by atoms with Crippen LogP contribution >= 0.6 is 11.3 Å². The number of benzene rings is 9. The van der Waals surface area contributed by atoms with Gasteiger partial charge in [0.1, 0.15) is 0 Å². The quantitative estimate of drug-likeness (QED) is 0.176. The van der Waals surface area contributed by atoms with E-state index in [-0.39, 0.29) is 0 Å². The number of thiophene rings is 1. The summed E-state index contributed by atoms with van der Waals surface area (Å²) >= 11 is 1.85. The summed E-state index contributed by atoms with van der Waals surface area (Å²) < 4.78 is 4.86. The molecule has 0 fully saturated rings. The smallest absolute Gasteiger partial charge is 0.238 e. The molecule has 0 N–H and O–H groups in total. The molecule has 270 valence electrons. The van der Waals surface area contributed by atoms with Crippen molar-refractivity contribution in [2.24, 2.45) is 0 Å². The van der Waals surface area contributed by atoms with E-state index < -0.39 is 0 Å². The van der Waals surface area contributed by atoms with Crippen molar-refractivity contribution in [2.45, 2.75) is 0 Å². The largest absolute Gasteiger partial charge is 0.277 e. The topological polar surface area (TPSA) is 43.6 Å². The lowest BCUT2D eigenvalue weighted by Crippen LogP contribution is -2.07. The zero-order valence-electron chi connectivity index (χ0n) is 31.2. The highest BCUT2D eigenvalue weighted by molar-refractivity contribution is 7.26. The third-order valence-electron chi connectivity index (χ3n) is 11.4. The average molecular weight is 757 g/mol. The van der Waals surface area contributed by atoms with E-state index in [1.165, 1.54) is 36.7 Å². The molecule has 58 heavy (non-hydrogen) atoms. The normalized spacial score (nSPS) is 11.8. The van der Waals surface area contributed by atoms with Crippen LogP contribution in [0.4, 0.5) is 0 Å². The summed E-state index contributed by atoms with van der Waals surface area (Å²) in [4.78, 5) is 16.1. The summed E-state index contributed by atoms with van der Waals surface area (Å²) in [5.74, 6) is 1.82. The molecule has 0 saturated heterocycles. The number of rotatable bonds is 5. The second kappa shape index (κ2) is 13.1. The first-order chi connectivity index (χ1) is 28.7. The van der Waals surface area contributed by atoms with Crippen molar-refractivity contribution in [3.8, 4) is 51.0 Å². The Balaban J connectivity index is 1.18. The van der Waals surface area contributed by atoms with E-state index in [1.807, 2.05) is 17.4 Å². The van der Waals surface area contributed by atoms with E-state index >= 15 is 0 Å². The standard InChI is InChI=1S/C53H32N4S/c1-2-12-33(13-3-1)35-24-27-37(28-25-35)51-54-52(39-29-26-34-14-4-5-16-38(34)32-39)56-53(55-51)57-48-40-17-7-6-15-36(40)30-31-44(48)42-19-10-20-43(49(42)57)46-22-11-21-45-41-18-8-9-23-47(41)58-50(45)46/h1-32H. The van der Waals surface area contributed by atoms with Gasteiger partial charge in [-0.15, -0.1) is 11.3 Å². The lowest BCUT2D eigenvalue weighted by Gasteiger charge is -2.14. The van der Waals surface area contributed by atoms with Crippen LogP contribution in [0.1, 0.15) is 0 Å². The predicted octanol–water partition coefficient (Wildman–Crippen LogP) is 14.3. The van der Waals surface area contributed by atoms with Crippen molar-refractivity contribution in [1.29, 1.82) is 0 Å². The van der Waals surface area contributed by atoms with E-state index in [9.17, 15) is 0 Å². The van der Waals surface area contributed by atoms with Crippen LogP contribution in [0.15, 0.2) is 194 Å². The van der Waals surface area contributed by atoms with Crippen molar-refractivity contribution >= 4 is 74.9 Å². The van der Waals surface area contributed by atoms with Crippen LogP contribution in [0, 0.1) is 0 Å². The molecule has 0 amide bonds. The van der Waals surface area contributed by atoms with Crippen molar-refractivity contribution in [3.05, 3.63) is 194 Å². The Morgan fingerprint density at radius 3 is 1.78 bits per heavy atom. The molecule has 0 aliphatic heterocycles. The molecule has 5 heteroatoms. The van der Waals surface area contributed by atoms with Gasteiger partial charge in [0.05, 0.1) is 11.0 Å². The van der Waals surface area contributed by atoms with Gasteiger partial charge in [-0.2, -0.15) is 9.97 Å². The molecule has 4 nitrogen and oxygen atoms in total. The van der Waals surface area contributed by atoms with E-state index in [0.29, 0.717) is 17.6 Å². The van der Waals surface area contributed by atoms with Crippen LogP contribution in [0.3, 0.4) is 0 Å². The number of fused-ring (bicyclic) bond motifs is 9. The van der Waals surface area contributed by atoms with Crippen LogP contribution in [0.5, 0.6) is 0 Å². The number of nitrogens with zero attached hydrogens (tertiary/aromatic N) is 4. The van der Waals surface area contributed by atoms with Gasteiger partial charge >= 0.3 is 0 Å². The third kappa shape index (κ3) is 5.18. The highest BCUT2D eigenvalue weighted by atomic mass is 32.1. The summed E-state index contributed by atoms with van der Waals surface area (Å²) in [5, 5.41) is 9.46. The molecule has 0 unspecified atom stereocenters. The van der Waals surface area contributed by atoms with Gasteiger partial charge in [-0.25, -0.2) is 4.98 Å². The number of para-hydroxylation sites is 1. The number of hydrogen-bond donors (Lipinski definition) is 0. The van der Waals surface area contributed by atoms with Crippen LogP contribution < -0.4 is 0 Å². The Hall–Kier alpha value is -7.47. The minimum Gasteiger partial charge on any atom is -0.277 e. The van der Waals surface area contributed by atoms with Crippen LogP contribution in [0.2, 0.25) is 0 Å². The molecule has 0 bridgehead atoms. The molecule has 0 saturated carbocycles.